The van der Waals surface area contributed by atoms with Crippen LogP contribution in [0.15, 0.2) is 66.9 Å². The molecule has 2 aromatic carbocycles. The van der Waals surface area contributed by atoms with E-state index in [0.717, 1.165) is 12.1 Å². The number of hydrogen-bond donors (Lipinski definition) is 4. The number of likely N-dealkylation sites (tertiary alicyclic amines) is 1. The summed E-state index contributed by atoms with van der Waals surface area (Å²) in [5.41, 5.74) is 7.76. The van der Waals surface area contributed by atoms with Crippen molar-refractivity contribution in [2.24, 2.45) is 5.73 Å². The summed E-state index contributed by atoms with van der Waals surface area (Å²) in [6, 6.07) is 14.9. The lowest BCUT2D eigenvalue weighted by molar-refractivity contribution is -0.137. The van der Waals surface area contributed by atoms with Crippen LogP contribution in [0, 0.1) is 0 Å². The van der Waals surface area contributed by atoms with Crippen LogP contribution in [0.2, 0.25) is 0 Å². The third-order valence-electron chi connectivity index (χ3n) is 6.81. The van der Waals surface area contributed by atoms with Crippen molar-refractivity contribution < 1.29 is 27.5 Å². The number of primary amides is 1. The van der Waals surface area contributed by atoms with Crippen LogP contribution in [0.25, 0.3) is 11.3 Å². The number of carbonyl (C=O) groups is 2. The van der Waals surface area contributed by atoms with E-state index in [1.807, 2.05) is 0 Å². The van der Waals surface area contributed by atoms with Crippen LogP contribution in [-0.4, -0.2) is 52.2 Å². The first kappa shape index (κ1) is 27.5. The first-order valence-electron chi connectivity index (χ1n) is 12.6. The van der Waals surface area contributed by atoms with Crippen molar-refractivity contribution in [3.05, 3.63) is 83.6 Å². The first-order valence-corrected chi connectivity index (χ1v) is 12.6. The van der Waals surface area contributed by atoms with Gasteiger partial charge in [-0.05, 0) is 36.2 Å². The van der Waals surface area contributed by atoms with E-state index < -0.39 is 17.6 Å². The summed E-state index contributed by atoms with van der Waals surface area (Å²) in [6.07, 6.45) is -2.32. The van der Waals surface area contributed by atoms with Gasteiger partial charge >= 0.3 is 12.2 Å². The molecule has 3 amide bonds. The van der Waals surface area contributed by atoms with Gasteiger partial charge in [0.1, 0.15) is 5.56 Å². The molecule has 0 bridgehead atoms. The number of urea groups is 1. The SMILES string of the molecule is COc1cc(Nc2n[nH]c(-c3ccc(NC(=O)N4CCC(c5cccc(C(F)(F)F)c5)C4)cc3)c2C(N)=O)ccn1. The molecule has 41 heavy (non-hydrogen) atoms. The highest BCUT2D eigenvalue weighted by Gasteiger charge is 2.33. The first-order chi connectivity index (χ1) is 19.6. The van der Waals surface area contributed by atoms with Gasteiger partial charge in [0.25, 0.3) is 5.91 Å². The molecule has 5 rings (SSSR count). The zero-order chi connectivity index (χ0) is 29.1. The summed E-state index contributed by atoms with van der Waals surface area (Å²) in [6.45, 7) is 0.723. The third-order valence-corrected chi connectivity index (χ3v) is 6.81. The maximum atomic E-state index is 13.1. The highest BCUT2D eigenvalue weighted by Crippen LogP contribution is 2.34. The Labute approximate surface area is 232 Å². The number of amides is 3. The average Bonchev–Trinajstić information content (AvgIpc) is 3.61. The maximum absolute atomic E-state index is 13.1. The lowest BCUT2D eigenvalue weighted by Gasteiger charge is -2.18. The van der Waals surface area contributed by atoms with Crippen LogP contribution in [0.3, 0.4) is 0 Å². The number of hydrogen-bond acceptors (Lipinski definition) is 6. The van der Waals surface area contributed by atoms with Gasteiger partial charge in [0.15, 0.2) is 5.82 Å². The molecular weight excluding hydrogens is 539 g/mol. The number of pyridine rings is 1. The molecule has 5 N–H and O–H groups in total. The quantitative estimate of drug-likeness (QED) is 0.238. The Morgan fingerprint density at radius 1 is 1.10 bits per heavy atom. The Hall–Kier alpha value is -5.07. The molecule has 4 aromatic rings. The second-order valence-corrected chi connectivity index (χ2v) is 9.46. The molecule has 1 saturated heterocycles. The summed E-state index contributed by atoms with van der Waals surface area (Å²) in [4.78, 5) is 30.8. The monoisotopic (exact) mass is 565 g/mol. The van der Waals surface area contributed by atoms with E-state index in [1.165, 1.54) is 13.2 Å². The third kappa shape index (κ3) is 6.08. The molecule has 2 aromatic heterocycles. The van der Waals surface area contributed by atoms with Gasteiger partial charge in [0.05, 0.1) is 18.4 Å². The van der Waals surface area contributed by atoms with Crippen molar-refractivity contribution in [1.82, 2.24) is 20.1 Å². The number of nitrogens with zero attached hydrogens (tertiary/aromatic N) is 3. The van der Waals surface area contributed by atoms with Gasteiger partial charge in [-0.15, -0.1) is 0 Å². The van der Waals surface area contributed by atoms with E-state index >= 15 is 0 Å². The van der Waals surface area contributed by atoms with Crippen LogP contribution in [0.4, 0.5) is 35.2 Å². The number of aromatic nitrogens is 3. The van der Waals surface area contributed by atoms with E-state index in [0.29, 0.717) is 53.6 Å². The van der Waals surface area contributed by atoms with Crippen molar-refractivity contribution in [2.75, 3.05) is 30.8 Å². The summed E-state index contributed by atoms with van der Waals surface area (Å²) < 4.78 is 44.4. The number of nitrogens with one attached hydrogen (secondary N) is 3. The summed E-state index contributed by atoms with van der Waals surface area (Å²) >= 11 is 0. The van der Waals surface area contributed by atoms with E-state index in [2.05, 4.69) is 25.8 Å². The molecule has 212 valence electrons. The minimum atomic E-state index is -4.42. The Kier molecular flexibility index (Phi) is 7.51. The normalized spacial score (nSPS) is 15.0. The maximum Gasteiger partial charge on any atom is 0.416 e. The van der Waals surface area contributed by atoms with E-state index in [9.17, 15) is 22.8 Å². The van der Waals surface area contributed by atoms with Gasteiger partial charge < -0.3 is 26.0 Å². The fraction of sp³-hybridized carbons (Fsp3) is 0.214. The van der Waals surface area contributed by atoms with Crippen LogP contribution in [-0.2, 0) is 6.18 Å². The minimum absolute atomic E-state index is 0.148. The molecule has 1 atom stereocenters. The molecule has 0 aliphatic carbocycles. The molecular formula is C28H26F3N7O3. The molecule has 1 unspecified atom stereocenters. The number of carbonyl (C=O) groups excluding carboxylic acids is 2. The predicted molar refractivity (Wildman–Crippen MR) is 146 cm³/mol. The Balaban J connectivity index is 1.25. The van der Waals surface area contributed by atoms with Crippen molar-refractivity contribution in [3.8, 4) is 17.1 Å². The molecule has 13 heteroatoms. The van der Waals surface area contributed by atoms with E-state index in [4.69, 9.17) is 10.5 Å². The smallest absolute Gasteiger partial charge is 0.416 e. The zero-order valence-corrected chi connectivity index (χ0v) is 21.8. The highest BCUT2D eigenvalue weighted by atomic mass is 19.4. The lowest BCUT2D eigenvalue weighted by Crippen LogP contribution is -2.32. The van der Waals surface area contributed by atoms with Gasteiger partial charge in [-0.25, -0.2) is 9.78 Å². The van der Waals surface area contributed by atoms with Gasteiger partial charge in [0, 0.05) is 48.2 Å². The number of nitrogens with two attached hydrogens (primary N) is 1. The number of rotatable bonds is 7. The molecule has 1 aliphatic rings. The second kappa shape index (κ2) is 11.2. The predicted octanol–water partition coefficient (Wildman–Crippen LogP) is 5.36. The van der Waals surface area contributed by atoms with Gasteiger partial charge in [0.2, 0.25) is 5.88 Å². The molecule has 3 heterocycles. The zero-order valence-electron chi connectivity index (χ0n) is 21.8. The van der Waals surface area contributed by atoms with Crippen LogP contribution >= 0.6 is 0 Å². The van der Waals surface area contributed by atoms with Gasteiger partial charge in [-0.3, -0.25) is 9.89 Å². The number of methoxy groups -OCH3 is 1. The average molecular weight is 566 g/mol. The van der Waals surface area contributed by atoms with Crippen LogP contribution in [0.5, 0.6) is 5.88 Å². The van der Waals surface area contributed by atoms with Crippen molar-refractivity contribution in [2.45, 2.75) is 18.5 Å². The number of halogens is 3. The number of ether oxygens (including phenoxy) is 1. The fourth-order valence-electron chi connectivity index (χ4n) is 4.73. The number of alkyl halides is 3. The van der Waals surface area contributed by atoms with Crippen molar-refractivity contribution in [1.29, 1.82) is 0 Å². The summed E-state index contributed by atoms with van der Waals surface area (Å²) in [5.74, 6) is -0.278. The number of benzene rings is 2. The number of anilines is 3. The molecule has 1 aliphatic heterocycles. The molecule has 0 saturated carbocycles. The summed E-state index contributed by atoms with van der Waals surface area (Å²) in [5, 5.41) is 12.9. The van der Waals surface area contributed by atoms with Gasteiger partial charge in [-0.2, -0.15) is 18.3 Å². The van der Waals surface area contributed by atoms with Crippen molar-refractivity contribution in [3.63, 3.8) is 0 Å². The lowest BCUT2D eigenvalue weighted by atomic mass is 9.96. The van der Waals surface area contributed by atoms with Gasteiger partial charge in [-0.1, -0.05) is 30.3 Å². The van der Waals surface area contributed by atoms with Crippen LogP contribution in [0.1, 0.15) is 33.8 Å². The molecule has 10 nitrogen and oxygen atoms in total. The molecule has 1 fully saturated rings. The minimum Gasteiger partial charge on any atom is -0.481 e. The Morgan fingerprint density at radius 3 is 2.59 bits per heavy atom. The fourth-order valence-corrected chi connectivity index (χ4v) is 4.73. The second-order valence-electron chi connectivity index (χ2n) is 9.46. The Morgan fingerprint density at radius 2 is 1.88 bits per heavy atom. The van der Waals surface area contributed by atoms with Crippen LogP contribution < -0.4 is 21.1 Å². The standard InChI is InChI=1S/C28H26F3N7O3/c1-41-22-14-21(9-11-33-22)34-26-23(25(32)39)24(36-37-26)16-5-7-20(8-6-16)35-27(40)38-12-10-18(15-38)17-3-2-4-19(13-17)28(29,30)31/h2-9,11,13-14,18H,10,12,15H2,1H3,(H2,32,39)(H,35,40)(H2,33,34,36,37). The highest BCUT2D eigenvalue weighted by molar-refractivity contribution is 6.04. The topological polar surface area (TPSA) is 138 Å². The number of H-pyrrole nitrogens is 1. The molecule has 0 radical (unpaired) electrons. The Bertz CT molecular complexity index is 1570. The van der Waals surface area contributed by atoms with E-state index in [1.54, 1.807) is 53.6 Å². The molecule has 0 spiro atoms. The van der Waals surface area contributed by atoms with E-state index in [-0.39, 0.29) is 23.3 Å². The summed E-state index contributed by atoms with van der Waals surface area (Å²) in [7, 11) is 1.49. The number of aromatic amines is 1. The van der Waals surface area contributed by atoms with Crippen molar-refractivity contribution >= 4 is 29.1 Å². The largest absolute Gasteiger partial charge is 0.481 e.